The predicted molar refractivity (Wildman–Crippen MR) is 49.9 cm³/mol. The molecule has 2 nitrogen and oxygen atoms in total. The Labute approximate surface area is 73.6 Å². The number of carbonyl (C=O) groups is 1. The lowest BCUT2D eigenvalue weighted by atomic mass is 10.1. The van der Waals surface area contributed by atoms with Crippen molar-refractivity contribution in [2.24, 2.45) is 0 Å². The summed E-state index contributed by atoms with van der Waals surface area (Å²) in [5.41, 5.74) is 1.93. The van der Waals surface area contributed by atoms with E-state index in [2.05, 4.69) is 0 Å². The minimum atomic E-state index is 0.0994. The van der Waals surface area contributed by atoms with Crippen molar-refractivity contribution in [2.45, 2.75) is 26.7 Å². The molecule has 0 fully saturated rings. The predicted octanol–water partition coefficient (Wildman–Crippen LogP) is 1.85. The zero-order valence-electron chi connectivity index (χ0n) is 7.71. The van der Waals surface area contributed by atoms with Crippen LogP contribution in [0.4, 0.5) is 0 Å². The highest BCUT2D eigenvalue weighted by Crippen LogP contribution is 2.05. The van der Waals surface area contributed by atoms with E-state index >= 15 is 0 Å². The van der Waals surface area contributed by atoms with E-state index in [9.17, 15) is 4.79 Å². The van der Waals surface area contributed by atoms with E-state index in [1.54, 1.807) is 13.0 Å². The number of allylic oxidation sites excluding steroid dienone is 3. The van der Waals surface area contributed by atoms with Gasteiger partial charge in [-0.2, -0.15) is 0 Å². The molecule has 1 N–H and O–H groups in total. The van der Waals surface area contributed by atoms with E-state index in [4.69, 9.17) is 5.11 Å². The fourth-order valence-electron chi connectivity index (χ4n) is 0.834. The Morgan fingerprint density at radius 1 is 1.33 bits per heavy atom. The Balaban J connectivity index is 3.69. The molecule has 0 saturated heterocycles. The van der Waals surface area contributed by atoms with Gasteiger partial charge in [-0.05, 0) is 32.3 Å². The van der Waals surface area contributed by atoms with Gasteiger partial charge in [0.1, 0.15) is 6.29 Å². The van der Waals surface area contributed by atoms with Gasteiger partial charge in [0, 0.05) is 0 Å². The first-order valence-corrected chi connectivity index (χ1v) is 4.09. The van der Waals surface area contributed by atoms with Gasteiger partial charge in [0.25, 0.3) is 0 Å². The van der Waals surface area contributed by atoms with Crippen molar-refractivity contribution >= 4 is 6.29 Å². The molecule has 0 amide bonds. The highest BCUT2D eigenvalue weighted by Gasteiger charge is 1.88. The Kier molecular flexibility index (Phi) is 6.29. The van der Waals surface area contributed by atoms with E-state index in [0.29, 0.717) is 0 Å². The number of aldehydes is 1. The van der Waals surface area contributed by atoms with Crippen molar-refractivity contribution in [3.63, 3.8) is 0 Å². The second-order valence-corrected chi connectivity index (χ2v) is 2.84. The van der Waals surface area contributed by atoms with Gasteiger partial charge in [-0.15, -0.1) is 0 Å². The summed E-state index contributed by atoms with van der Waals surface area (Å²) >= 11 is 0. The molecular formula is C10H16O2. The fraction of sp³-hybridized carbons (Fsp3) is 0.500. The van der Waals surface area contributed by atoms with Crippen LogP contribution in [0.3, 0.4) is 0 Å². The van der Waals surface area contributed by atoms with Gasteiger partial charge in [-0.1, -0.05) is 17.7 Å². The molecule has 0 heterocycles. The monoisotopic (exact) mass is 168 g/mol. The number of carbonyl (C=O) groups excluding carboxylic acids is 1. The van der Waals surface area contributed by atoms with Gasteiger partial charge in [-0.3, -0.25) is 4.79 Å². The first-order valence-electron chi connectivity index (χ1n) is 4.09. The van der Waals surface area contributed by atoms with Crippen LogP contribution in [0.2, 0.25) is 0 Å². The van der Waals surface area contributed by atoms with Crippen LogP contribution in [0.25, 0.3) is 0 Å². The van der Waals surface area contributed by atoms with Crippen molar-refractivity contribution in [1.29, 1.82) is 0 Å². The van der Waals surface area contributed by atoms with Gasteiger partial charge in [0.05, 0.1) is 6.61 Å². The molecule has 0 aromatic carbocycles. The van der Waals surface area contributed by atoms with Crippen LogP contribution >= 0.6 is 0 Å². The van der Waals surface area contributed by atoms with Crippen LogP contribution in [-0.4, -0.2) is 18.0 Å². The van der Waals surface area contributed by atoms with Gasteiger partial charge < -0.3 is 5.11 Å². The molecule has 0 aliphatic carbocycles. The summed E-state index contributed by atoms with van der Waals surface area (Å²) in [6.07, 6.45) is 6.32. The van der Waals surface area contributed by atoms with E-state index in [1.807, 2.05) is 13.0 Å². The molecule has 0 atom stereocenters. The summed E-state index contributed by atoms with van der Waals surface area (Å²) in [6, 6.07) is 0. The van der Waals surface area contributed by atoms with Gasteiger partial charge >= 0.3 is 0 Å². The molecule has 0 aliphatic heterocycles. The second kappa shape index (κ2) is 6.80. The summed E-state index contributed by atoms with van der Waals surface area (Å²) in [5.74, 6) is 0. The van der Waals surface area contributed by atoms with Crippen molar-refractivity contribution in [1.82, 2.24) is 0 Å². The third kappa shape index (κ3) is 5.86. The molecule has 0 aliphatic rings. The third-order valence-electron chi connectivity index (χ3n) is 1.63. The molecule has 0 unspecified atom stereocenters. The first-order chi connectivity index (χ1) is 5.70. The van der Waals surface area contributed by atoms with E-state index < -0.39 is 0 Å². The summed E-state index contributed by atoms with van der Waals surface area (Å²) in [5, 5.41) is 8.54. The molecule has 0 spiro atoms. The number of aliphatic hydroxyl groups excluding tert-OH is 1. The van der Waals surface area contributed by atoms with Crippen LogP contribution in [-0.2, 0) is 4.79 Å². The van der Waals surface area contributed by atoms with Crippen LogP contribution < -0.4 is 0 Å². The standard InChI is InChI=1S/C10H16O2/c1-9(6-7-11)4-3-5-10(2)8-12/h5-6,8,11H,3-4,7H2,1-2H3/b9-6+,10-5?. The topological polar surface area (TPSA) is 37.3 Å². The Morgan fingerprint density at radius 3 is 2.50 bits per heavy atom. The van der Waals surface area contributed by atoms with Crippen molar-refractivity contribution in [3.8, 4) is 0 Å². The summed E-state index contributed by atoms with van der Waals surface area (Å²) in [7, 11) is 0. The lowest BCUT2D eigenvalue weighted by molar-refractivity contribution is -0.104. The van der Waals surface area contributed by atoms with E-state index in [0.717, 1.165) is 30.3 Å². The maximum Gasteiger partial charge on any atom is 0.145 e. The first kappa shape index (κ1) is 11.1. The van der Waals surface area contributed by atoms with E-state index in [1.165, 1.54) is 0 Å². The zero-order valence-corrected chi connectivity index (χ0v) is 7.71. The molecular weight excluding hydrogens is 152 g/mol. The van der Waals surface area contributed by atoms with Crippen LogP contribution in [0, 0.1) is 0 Å². The van der Waals surface area contributed by atoms with Gasteiger partial charge in [-0.25, -0.2) is 0 Å². The maximum atomic E-state index is 10.2. The molecule has 0 rings (SSSR count). The second-order valence-electron chi connectivity index (χ2n) is 2.84. The summed E-state index contributed by atoms with van der Waals surface area (Å²) in [4.78, 5) is 10.2. The quantitative estimate of drug-likeness (QED) is 0.386. The summed E-state index contributed by atoms with van der Waals surface area (Å²) in [6.45, 7) is 3.86. The number of hydrogen-bond acceptors (Lipinski definition) is 2. The number of aliphatic hydroxyl groups is 1. The smallest absolute Gasteiger partial charge is 0.145 e. The molecule has 0 saturated carbocycles. The van der Waals surface area contributed by atoms with Crippen molar-refractivity contribution < 1.29 is 9.90 Å². The average Bonchev–Trinajstić information content (AvgIpc) is 2.04. The molecule has 0 radical (unpaired) electrons. The molecule has 12 heavy (non-hydrogen) atoms. The SMILES string of the molecule is CC(C=O)=CCC/C(C)=C/CO. The third-order valence-corrected chi connectivity index (χ3v) is 1.63. The minimum absolute atomic E-state index is 0.0994. The zero-order chi connectivity index (χ0) is 9.40. The summed E-state index contributed by atoms with van der Waals surface area (Å²) < 4.78 is 0. The van der Waals surface area contributed by atoms with Crippen molar-refractivity contribution in [3.05, 3.63) is 23.3 Å². The lowest BCUT2D eigenvalue weighted by Crippen LogP contribution is -1.82. The van der Waals surface area contributed by atoms with Gasteiger partial charge in [0.2, 0.25) is 0 Å². The normalized spacial score (nSPS) is 13.2. The van der Waals surface area contributed by atoms with Crippen LogP contribution in [0.5, 0.6) is 0 Å². The Bertz CT molecular complexity index is 190. The minimum Gasteiger partial charge on any atom is -0.392 e. The lowest BCUT2D eigenvalue weighted by Gasteiger charge is -1.96. The average molecular weight is 168 g/mol. The van der Waals surface area contributed by atoms with E-state index in [-0.39, 0.29) is 6.61 Å². The molecule has 0 aromatic rings. The van der Waals surface area contributed by atoms with Crippen molar-refractivity contribution in [2.75, 3.05) is 6.61 Å². The van der Waals surface area contributed by atoms with Crippen LogP contribution in [0.15, 0.2) is 23.3 Å². The molecule has 0 bridgehead atoms. The van der Waals surface area contributed by atoms with Crippen LogP contribution in [0.1, 0.15) is 26.7 Å². The largest absolute Gasteiger partial charge is 0.392 e. The highest BCUT2D eigenvalue weighted by atomic mass is 16.2. The maximum absolute atomic E-state index is 10.2. The van der Waals surface area contributed by atoms with Gasteiger partial charge in [0.15, 0.2) is 0 Å². The fourth-order valence-corrected chi connectivity index (χ4v) is 0.834. The molecule has 68 valence electrons. The molecule has 0 aromatic heterocycles. The number of hydrogen-bond donors (Lipinski definition) is 1. The molecule has 2 heteroatoms. The Morgan fingerprint density at radius 2 is 2.00 bits per heavy atom. The Hall–Kier alpha value is -0.890. The highest BCUT2D eigenvalue weighted by molar-refractivity contribution is 5.71. The number of rotatable bonds is 5.